The van der Waals surface area contributed by atoms with Gasteiger partial charge in [-0.1, -0.05) is 36.8 Å². The molecule has 3 aromatic rings. The van der Waals surface area contributed by atoms with Crippen molar-refractivity contribution in [3.8, 4) is 0 Å². The minimum Gasteiger partial charge on any atom is -0.309 e. The first-order chi connectivity index (χ1) is 12.2. The molecular weight excluding hydrogens is 330 g/mol. The third kappa shape index (κ3) is 4.71. The summed E-state index contributed by atoms with van der Waals surface area (Å²) < 4.78 is 0. The molecule has 4 nitrogen and oxygen atoms in total. The number of para-hydroxylation sites is 1. The maximum absolute atomic E-state index is 12.2. The Hall–Kier alpha value is -2.11. The average Bonchev–Trinajstić information content (AvgIpc) is 2.62. The smallest absolute Gasteiger partial charge is 0.258 e. The van der Waals surface area contributed by atoms with Gasteiger partial charge < -0.3 is 4.98 Å². The number of aromatic amines is 1. The molecule has 1 N–H and O–H groups in total. The van der Waals surface area contributed by atoms with Crippen LogP contribution in [0, 0.1) is 6.92 Å². The molecule has 0 saturated heterocycles. The fourth-order valence-electron chi connectivity index (χ4n) is 2.70. The van der Waals surface area contributed by atoms with Crippen LogP contribution >= 0.6 is 11.8 Å². The number of aryl methyl sites for hydroxylation is 1. The van der Waals surface area contributed by atoms with Crippen molar-refractivity contribution in [3.05, 3.63) is 70.3 Å². The second-order valence-corrected chi connectivity index (χ2v) is 7.23. The molecule has 0 aliphatic carbocycles. The Morgan fingerprint density at radius 1 is 1.12 bits per heavy atom. The fraction of sp³-hybridized carbons (Fsp3) is 0.300. The SMILES string of the molecule is CCN(CCSc1ccc(C)cc1)Cc1nc2ccccc2c(=O)[nH]1. The van der Waals surface area contributed by atoms with Crippen molar-refractivity contribution in [2.24, 2.45) is 0 Å². The van der Waals surface area contributed by atoms with E-state index in [-0.39, 0.29) is 5.56 Å². The molecule has 0 atom stereocenters. The van der Waals surface area contributed by atoms with Gasteiger partial charge in [0.15, 0.2) is 0 Å². The third-order valence-corrected chi connectivity index (χ3v) is 5.17. The molecule has 0 amide bonds. The van der Waals surface area contributed by atoms with Gasteiger partial charge in [-0.15, -0.1) is 11.8 Å². The predicted molar refractivity (Wildman–Crippen MR) is 105 cm³/mol. The Morgan fingerprint density at radius 3 is 2.64 bits per heavy atom. The molecule has 0 aliphatic heterocycles. The van der Waals surface area contributed by atoms with Crippen LogP contribution in [0.4, 0.5) is 0 Å². The molecule has 0 radical (unpaired) electrons. The molecule has 0 bridgehead atoms. The monoisotopic (exact) mass is 353 g/mol. The first-order valence-corrected chi connectivity index (χ1v) is 9.54. The van der Waals surface area contributed by atoms with Crippen molar-refractivity contribution in [2.45, 2.75) is 25.3 Å². The van der Waals surface area contributed by atoms with Crippen molar-refractivity contribution in [2.75, 3.05) is 18.8 Å². The zero-order valence-corrected chi connectivity index (χ0v) is 15.5. The summed E-state index contributed by atoms with van der Waals surface area (Å²) in [5.74, 6) is 1.74. The summed E-state index contributed by atoms with van der Waals surface area (Å²) in [6.45, 7) is 6.77. The fourth-order valence-corrected chi connectivity index (χ4v) is 3.61. The van der Waals surface area contributed by atoms with Gasteiger partial charge in [0.25, 0.3) is 5.56 Å². The number of nitrogens with one attached hydrogen (secondary N) is 1. The predicted octanol–water partition coefficient (Wildman–Crippen LogP) is 3.85. The van der Waals surface area contributed by atoms with E-state index in [1.165, 1.54) is 10.5 Å². The standard InChI is InChI=1S/C20H23N3OS/c1-3-23(12-13-25-16-10-8-15(2)9-11-16)14-19-21-18-7-5-4-6-17(18)20(24)22-19/h4-11H,3,12-14H2,1-2H3,(H,21,22,24). The minimum absolute atomic E-state index is 0.0642. The topological polar surface area (TPSA) is 49.0 Å². The molecule has 2 aromatic carbocycles. The van der Waals surface area contributed by atoms with Gasteiger partial charge in [-0.05, 0) is 37.7 Å². The van der Waals surface area contributed by atoms with Gasteiger partial charge in [0.1, 0.15) is 5.82 Å². The maximum Gasteiger partial charge on any atom is 0.258 e. The molecule has 0 spiro atoms. The van der Waals surface area contributed by atoms with E-state index in [1.807, 2.05) is 30.0 Å². The largest absolute Gasteiger partial charge is 0.309 e. The lowest BCUT2D eigenvalue weighted by molar-refractivity contribution is 0.291. The number of hydrogen-bond acceptors (Lipinski definition) is 4. The molecule has 1 heterocycles. The lowest BCUT2D eigenvalue weighted by Gasteiger charge is -2.19. The quantitative estimate of drug-likeness (QED) is 0.656. The van der Waals surface area contributed by atoms with E-state index in [0.29, 0.717) is 11.9 Å². The maximum atomic E-state index is 12.2. The lowest BCUT2D eigenvalue weighted by atomic mass is 10.2. The Bertz CT molecular complexity index is 889. The molecule has 25 heavy (non-hydrogen) atoms. The highest BCUT2D eigenvalue weighted by Gasteiger charge is 2.08. The van der Waals surface area contributed by atoms with Crippen molar-refractivity contribution >= 4 is 22.7 Å². The first-order valence-electron chi connectivity index (χ1n) is 8.55. The number of aromatic nitrogens is 2. The molecule has 130 valence electrons. The summed E-state index contributed by atoms with van der Waals surface area (Å²) in [5, 5.41) is 0.643. The molecule has 0 unspecified atom stereocenters. The normalized spacial score (nSPS) is 11.3. The molecule has 0 saturated carbocycles. The van der Waals surface area contributed by atoms with Crippen LogP contribution in [0.3, 0.4) is 0 Å². The van der Waals surface area contributed by atoms with Crippen LogP contribution in [0.1, 0.15) is 18.3 Å². The number of thioether (sulfide) groups is 1. The summed E-state index contributed by atoms with van der Waals surface area (Å²) in [6, 6.07) is 16.1. The van der Waals surface area contributed by atoms with Crippen LogP contribution in [0.15, 0.2) is 58.2 Å². The van der Waals surface area contributed by atoms with Crippen molar-refractivity contribution < 1.29 is 0 Å². The number of H-pyrrole nitrogens is 1. The number of rotatable bonds is 7. The van der Waals surface area contributed by atoms with Crippen LogP contribution in [0.2, 0.25) is 0 Å². The highest BCUT2D eigenvalue weighted by Crippen LogP contribution is 2.18. The number of benzene rings is 2. The van der Waals surface area contributed by atoms with E-state index in [1.54, 1.807) is 6.07 Å². The summed E-state index contributed by atoms with van der Waals surface area (Å²) in [6.07, 6.45) is 0. The van der Waals surface area contributed by atoms with E-state index < -0.39 is 0 Å². The number of hydrogen-bond donors (Lipinski definition) is 1. The molecule has 3 rings (SSSR count). The van der Waals surface area contributed by atoms with E-state index >= 15 is 0 Å². The molecular formula is C20H23N3OS. The second-order valence-electron chi connectivity index (χ2n) is 6.06. The van der Waals surface area contributed by atoms with Gasteiger partial charge in [-0.2, -0.15) is 0 Å². The summed E-state index contributed by atoms with van der Waals surface area (Å²) in [7, 11) is 0. The van der Waals surface area contributed by atoms with Gasteiger partial charge in [-0.25, -0.2) is 4.98 Å². The van der Waals surface area contributed by atoms with Crippen LogP contribution in [0.5, 0.6) is 0 Å². The molecule has 0 aliphatic rings. The van der Waals surface area contributed by atoms with Crippen molar-refractivity contribution in [1.29, 1.82) is 0 Å². The Labute approximate surface area is 152 Å². The van der Waals surface area contributed by atoms with Crippen LogP contribution in [0.25, 0.3) is 10.9 Å². The zero-order valence-electron chi connectivity index (χ0n) is 14.7. The van der Waals surface area contributed by atoms with Gasteiger partial charge in [-0.3, -0.25) is 9.69 Å². The highest BCUT2D eigenvalue weighted by molar-refractivity contribution is 7.99. The summed E-state index contributed by atoms with van der Waals surface area (Å²) >= 11 is 1.86. The third-order valence-electron chi connectivity index (χ3n) is 4.18. The molecule has 5 heteroatoms. The first kappa shape index (κ1) is 17.7. The summed E-state index contributed by atoms with van der Waals surface area (Å²) in [4.78, 5) is 23.3. The van der Waals surface area contributed by atoms with E-state index in [2.05, 4.69) is 53.0 Å². The summed E-state index contributed by atoms with van der Waals surface area (Å²) in [5.41, 5.74) is 1.97. The van der Waals surface area contributed by atoms with Crippen molar-refractivity contribution in [3.63, 3.8) is 0 Å². The molecule has 0 fully saturated rings. The Balaban J connectivity index is 1.62. The zero-order chi connectivity index (χ0) is 17.6. The second kappa shape index (κ2) is 8.32. The van der Waals surface area contributed by atoms with Crippen molar-refractivity contribution in [1.82, 2.24) is 14.9 Å². The molecule has 1 aromatic heterocycles. The number of fused-ring (bicyclic) bond motifs is 1. The van der Waals surface area contributed by atoms with Crippen LogP contribution in [-0.2, 0) is 6.54 Å². The minimum atomic E-state index is -0.0642. The lowest BCUT2D eigenvalue weighted by Crippen LogP contribution is -2.27. The van der Waals surface area contributed by atoms with E-state index in [0.717, 1.165) is 30.2 Å². The Morgan fingerprint density at radius 2 is 1.88 bits per heavy atom. The van der Waals surface area contributed by atoms with Gasteiger partial charge in [0.05, 0.1) is 17.4 Å². The number of nitrogens with zero attached hydrogens (tertiary/aromatic N) is 2. The van der Waals surface area contributed by atoms with Gasteiger partial charge in [0, 0.05) is 17.2 Å². The Kier molecular flexibility index (Phi) is 5.89. The van der Waals surface area contributed by atoms with E-state index in [9.17, 15) is 4.79 Å². The highest BCUT2D eigenvalue weighted by atomic mass is 32.2. The van der Waals surface area contributed by atoms with Gasteiger partial charge >= 0.3 is 0 Å². The average molecular weight is 353 g/mol. The van der Waals surface area contributed by atoms with Crippen LogP contribution < -0.4 is 5.56 Å². The van der Waals surface area contributed by atoms with E-state index in [4.69, 9.17) is 0 Å². The van der Waals surface area contributed by atoms with Crippen LogP contribution in [-0.4, -0.2) is 33.7 Å². The van der Waals surface area contributed by atoms with Gasteiger partial charge in [0.2, 0.25) is 0 Å².